The monoisotopic (exact) mass is 257 g/mol. The molecule has 5 nitrogen and oxygen atoms in total. The number of nitrogens with zero attached hydrogens (tertiary/aromatic N) is 1. The number of hydrogen-bond acceptors (Lipinski definition) is 5. The van der Waals surface area contributed by atoms with E-state index in [-0.39, 0.29) is 18.2 Å². The van der Waals surface area contributed by atoms with Crippen LogP contribution in [0.5, 0.6) is 0 Å². The van der Waals surface area contributed by atoms with Crippen LogP contribution in [0.4, 0.5) is 0 Å². The average molecular weight is 257 g/mol. The van der Waals surface area contributed by atoms with Gasteiger partial charge in [-0.25, -0.2) is 0 Å². The highest BCUT2D eigenvalue weighted by Gasteiger charge is 2.27. The fourth-order valence-electron chi connectivity index (χ4n) is 2.57. The average Bonchev–Trinajstić information content (AvgIpc) is 2.90. The molecule has 0 aromatic heterocycles. The maximum absolute atomic E-state index is 11.7. The molecule has 2 rings (SSSR count). The molecular formula is C13H23NO4. The Kier molecular flexibility index (Phi) is 5.41. The van der Waals surface area contributed by atoms with Crippen LogP contribution in [0.25, 0.3) is 0 Å². The Labute approximate surface area is 108 Å². The van der Waals surface area contributed by atoms with Gasteiger partial charge in [-0.2, -0.15) is 0 Å². The summed E-state index contributed by atoms with van der Waals surface area (Å²) >= 11 is 0. The Bertz CT molecular complexity index is 266. The van der Waals surface area contributed by atoms with E-state index in [0.29, 0.717) is 19.8 Å². The molecule has 0 aromatic rings. The van der Waals surface area contributed by atoms with Crippen molar-refractivity contribution in [3.8, 4) is 0 Å². The summed E-state index contributed by atoms with van der Waals surface area (Å²) in [5.74, 6) is -0.000295. The lowest BCUT2D eigenvalue weighted by molar-refractivity contribution is -0.150. The third-order valence-corrected chi connectivity index (χ3v) is 3.50. The van der Waals surface area contributed by atoms with E-state index in [0.717, 1.165) is 38.9 Å². The second kappa shape index (κ2) is 7.07. The zero-order valence-corrected chi connectivity index (χ0v) is 11.1. The Morgan fingerprint density at radius 3 is 2.89 bits per heavy atom. The Balaban J connectivity index is 1.70. The van der Waals surface area contributed by atoms with E-state index in [1.807, 2.05) is 6.92 Å². The molecule has 0 aromatic carbocycles. The normalized spacial score (nSPS) is 26.4. The van der Waals surface area contributed by atoms with Crippen molar-refractivity contribution in [2.75, 3.05) is 39.5 Å². The molecule has 0 radical (unpaired) electrons. The van der Waals surface area contributed by atoms with Gasteiger partial charge >= 0.3 is 5.97 Å². The quantitative estimate of drug-likeness (QED) is 0.688. The molecular weight excluding hydrogens is 234 g/mol. The van der Waals surface area contributed by atoms with E-state index in [9.17, 15) is 4.79 Å². The summed E-state index contributed by atoms with van der Waals surface area (Å²) in [7, 11) is 0. The van der Waals surface area contributed by atoms with Gasteiger partial charge in [-0.15, -0.1) is 0 Å². The fourth-order valence-corrected chi connectivity index (χ4v) is 2.57. The van der Waals surface area contributed by atoms with Gasteiger partial charge in [0.05, 0.1) is 25.7 Å². The van der Waals surface area contributed by atoms with Crippen molar-refractivity contribution in [3.63, 3.8) is 0 Å². The zero-order chi connectivity index (χ0) is 12.8. The van der Waals surface area contributed by atoms with Crippen molar-refractivity contribution in [1.29, 1.82) is 0 Å². The summed E-state index contributed by atoms with van der Waals surface area (Å²) < 4.78 is 15.9. The number of piperidine rings is 1. The SMILES string of the molecule is CCOC(=O)C1CCCN(CCC2OCCO2)C1. The van der Waals surface area contributed by atoms with Crippen molar-refractivity contribution >= 4 is 5.97 Å². The summed E-state index contributed by atoms with van der Waals surface area (Å²) in [6, 6.07) is 0. The lowest BCUT2D eigenvalue weighted by atomic mass is 9.98. The fraction of sp³-hybridized carbons (Fsp3) is 0.923. The van der Waals surface area contributed by atoms with E-state index in [2.05, 4.69) is 4.90 Å². The minimum absolute atomic E-state index is 0.0455. The second-order valence-electron chi connectivity index (χ2n) is 4.85. The van der Waals surface area contributed by atoms with Gasteiger partial charge in [0.25, 0.3) is 0 Å². The van der Waals surface area contributed by atoms with Gasteiger partial charge in [-0.3, -0.25) is 4.79 Å². The van der Waals surface area contributed by atoms with Gasteiger partial charge < -0.3 is 19.1 Å². The van der Waals surface area contributed by atoms with Crippen molar-refractivity contribution in [3.05, 3.63) is 0 Å². The Hall–Kier alpha value is -0.650. The number of ether oxygens (including phenoxy) is 3. The maximum atomic E-state index is 11.7. The first-order valence-electron chi connectivity index (χ1n) is 6.91. The third-order valence-electron chi connectivity index (χ3n) is 3.50. The molecule has 2 heterocycles. The van der Waals surface area contributed by atoms with Crippen LogP contribution in [-0.2, 0) is 19.0 Å². The number of hydrogen-bond donors (Lipinski definition) is 0. The van der Waals surface area contributed by atoms with Crippen LogP contribution in [0.2, 0.25) is 0 Å². The molecule has 0 aliphatic carbocycles. The van der Waals surface area contributed by atoms with Crippen LogP contribution in [0.3, 0.4) is 0 Å². The maximum Gasteiger partial charge on any atom is 0.310 e. The van der Waals surface area contributed by atoms with Crippen LogP contribution in [0, 0.1) is 5.92 Å². The number of carbonyl (C=O) groups is 1. The van der Waals surface area contributed by atoms with Gasteiger partial charge in [0.1, 0.15) is 0 Å². The predicted molar refractivity (Wildman–Crippen MR) is 66.1 cm³/mol. The molecule has 104 valence electrons. The van der Waals surface area contributed by atoms with Crippen molar-refractivity contribution < 1.29 is 19.0 Å². The smallest absolute Gasteiger partial charge is 0.310 e. The molecule has 2 aliphatic heterocycles. The van der Waals surface area contributed by atoms with E-state index >= 15 is 0 Å². The molecule has 5 heteroatoms. The van der Waals surface area contributed by atoms with E-state index in [4.69, 9.17) is 14.2 Å². The molecule has 0 bridgehead atoms. The van der Waals surface area contributed by atoms with Crippen LogP contribution >= 0.6 is 0 Å². The zero-order valence-electron chi connectivity index (χ0n) is 11.1. The summed E-state index contributed by atoms with van der Waals surface area (Å²) in [6.07, 6.45) is 2.85. The van der Waals surface area contributed by atoms with E-state index in [1.54, 1.807) is 0 Å². The highest BCUT2D eigenvalue weighted by atomic mass is 16.7. The number of esters is 1. The van der Waals surface area contributed by atoms with Crippen molar-refractivity contribution in [2.24, 2.45) is 5.92 Å². The van der Waals surface area contributed by atoms with Gasteiger partial charge in [-0.1, -0.05) is 0 Å². The van der Waals surface area contributed by atoms with Gasteiger partial charge in [0.2, 0.25) is 0 Å². The second-order valence-corrected chi connectivity index (χ2v) is 4.85. The van der Waals surface area contributed by atoms with Crippen molar-refractivity contribution in [1.82, 2.24) is 4.90 Å². The van der Waals surface area contributed by atoms with Gasteiger partial charge in [0.15, 0.2) is 6.29 Å². The lowest BCUT2D eigenvalue weighted by Crippen LogP contribution is -2.40. The Morgan fingerprint density at radius 2 is 2.17 bits per heavy atom. The molecule has 1 atom stereocenters. The molecule has 0 spiro atoms. The number of likely N-dealkylation sites (tertiary alicyclic amines) is 1. The standard InChI is InChI=1S/C13H23NO4/c1-2-16-13(15)11-4-3-6-14(10-11)7-5-12-17-8-9-18-12/h11-12H,2-10H2,1H3. The number of carbonyl (C=O) groups excluding carboxylic acids is 1. The highest BCUT2D eigenvalue weighted by molar-refractivity contribution is 5.72. The largest absolute Gasteiger partial charge is 0.466 e. The van der Waals surface area contributed by atoms with Gasteiger partial charge in [0, 0.05) is 19.5 Å². The van der Waals surface area contributed by atoms with Crippen LogP contribution in [0.15, 0.2) is 0 Å². The molecule has 2 saturated heterocycles. The molecule has 18 heavy (non-hydrogen) atoms. The van der Waals surface area contributed by atoms with Crippen molar-refractivity contribution in [2.45, 2.75) is 32.5 Å². The van der Waals surface area contributed by atoms with E-state index < -0.39 is 0 Å². The molecule has 2 aliphatic rings. The minimum Gasteiger partial charge on any atom is -0.466 e. The molecule has 0 N–H and O–H groups in total. The summed E-state index contributed by atoms with van der Waals surface area (Å²) in [5, 5.41) is 0. The van der Waals surface area contributed by atoms with Crippen LogP contribution in [-0.4, -0.2) is 56.6 Å². The first-order valence-corrected chi connectivity index (χ1v) is 6.91. The molecule has 0 saturated carbocycles. The molecule has 0 amide bonds. The summed E-state index contributed by atoms with van der Waals surface area (Å²) in [6.45, 7) is 6.54. The van der Waals surface area contributed by atoms with Gasteiger partial charge in [-0.05, 0) is 26.3 Å². The highest BCUT2D eigenvalue weighted by Crippen LogP contribution is 2.19. The molecule has 2 fully saturated rings. The van der Waals surface area contributed by atoms with E-state index in [1.165, 1.54) is 0 Å². The Morgan fingerprint density at radius 1 is 1.39 bits per heavy atom. The predicted octanol–water partition coefficient (Wildman–Crippen LogP) is 1.02. The van der Waals surface area contributed by atoms with Crippen LogP contribution < -0.4 is 0 Å². The third kappa shape index (κ3) is 3.93. The topological polar surface area (TPSA) is 48.0 Å². The minimum atomic E-state index is -0.0482. The first-order chi connectivity index (χ1) is 8.79. The number of rotatable bonds is 5. The summed E-state index contributed by atoms with van der Waals surface area (Å²) in [5.41, 5.74) is 0. The van der Waals surface area contributed by atoms with Crippen LogP contribution in [0.1, 0.15) is 26.2 Å². The lowest BCUT2D eigenvalue weighted by Gasteiger charge is -2.31. The summed E-state index contributed by atoms with van der Waals surface area (Å²) in [4.78, 5) is 14.0. The molecule has 1 unspecified atom stereocenters. The first kappa shape index (κ1) is 13.8.